The summed E-state index contributed by atoms with van der Waals surface area (Å²) in [6.07, 6.45) is 52.2. The first-order valence-electron chi connectivity index (χ1n) is 47.4. The van der Waals surface area contributed by atoms with Crippen LogP contribution in [-0.4, -0.2) is 16.4 Å². The minimum Gasteiger partial charge on any atom is -0.736 e. The van der Waals surface area contributed by atoms with Crippen molar-refractivity contribution in [2.45, 2.75) is 311 Å². The van der Waals surface area contributed by atoms with Gasteiger partial charge in [0, 0.05) is 33.4 Å². The maximum atomic E-state index is 12.8. The van der Waals surface area contributed by atoms with Crippen LogP contribution in [0.2, 0.25) is 0 Å². The molecule has 0 bridgehead atoms. The van der Waals surface area contributed by atoms with Crippen molar-refractivity contribution in [1.82, 2.24) is 0 Å². The van der Waals surface area contributed by atoms with Crippen LogP contribution in [0, 0.1) is 0 Å². The topological polar surface area (TPSA) is 270 Å². The van der Waals surface area contributed by atoms with E-state index in [0.717, 1.165) is 137 Å². The molecule has 3 heterocycles. The molecule has 15 nitrogen and oxygen atoms in total. The van der Waals surface area contributed by atoms with E-state index in [9.17, 15) is 28.4 Å². The Bertz CT molecular complexity index is 4810. The van der Waals surface area contributed by atoms with Gasteiger partial charge in [-0.1, -0.05) is 380 Å². The van der Waals surface area contributed by atoms with Gasteiger partial charge in [-0.3, -0.25) is 0 Å². The van der Waals surface area contributed by atoms with Crippen molar-refractivity contribution >= 4 is 88.1 Å². The van der Waals surface area contributed by atoms with Gasteiger partial charge in [0.25, 0.3) is 0 Å². The molecule has 0 spiro atoms. The molecule has 0 aromatic heterocycles. The predicted octanol–water partition coefficient (Wildman–Crippen LogP) is 29.6. The zero-order valence-electron chi connectivity index (χ0n) is 76.3. The number of fused-ring (bicyclic) bond motifs is 21. The van der Waals surface area contributed by atoms with E-state index in [1.807, 2.05) is 36.4 Å². The van der Waals surface area contributed by atoms with Crippen LogP contribution in [0.15, 0.2) is 182 Å². The molecule has 3 aliphatic rings. The van der Waals surface area contributed by atoms with Crippen LogP contribution >= 0.6 is 23.5 Å². The van der Waals surface area contributed by atoms with E-state index in [4.69, 9.17) is 27.1 Å². The summed E-state index contributed by atoms with van der Waals surface area (Å²) in [6, 6.07) is 61.8. The number of hydrogen-bond donors (Lipinski definition) is 0. The van der Waals surface area contributed by atoms with Gasteiger partial charge in [0.1, 0.15) is 34.5 Å². The summed E-state index contributed by atoms with van der Waals surface area (Å²) in [6.45, 7) is 13.5. The molecule has 0 radical (unpaired) electrons. The maximum absolute atomic E-state index is 12.8. The standard InChI is InChI=1S/3C36H45O4P.3H2O.Sc/c3*1-3-5-7-9-11-13-15-27-17-21-31-29(25-27)19-23-33-35(31)36-32-22-18-28(16-14-12-10-8-6-4-2)26-30(32)20-24-34(36)40-41(37,38)39-33;;;;/h3*17-26H,3-16H2,1-2H3,(H,37,38);3*1H2;/q;;;;;;+3/p-3. The Morgan fingerprint density at radius 3 is 0.472 bits per heavy atom. The fourth-order valence-electron chi connectivity index (χ4n) is 18.5. The van der Waals surface area contributed by atoms with Gasteiger partial charge in [0.05, 0.1) is 0 Å². The van der Waals surface area contributed by atoms with Gasteiger partial charge in [0.2, 0.25) is 0 Å². The van der Waals surface area contributed by atoms with Crippen LogP contribution in [0.4, 0.5) is 0 Å². The number of hydrogen-bond acceptors (Lipinski definition) is 12. The molecule has 0 saturated carbocycles. The van der Waals surface area contributed by atoms with E-state index in [1.54, 1.807) is 36.4 Å². The summed E-state index contributed by atoms with van der Waals surface area (Å²) < 4.78 is 71.5. The number of phosphoric acid groups is 3. The molecule has 0 amide bonds. The van der Waals surface area contributed by atoms with Crippen molar-refractivity contribution in [3.8, 4) is 67.9 Å². The van der Waals surface area contributed by atoms with Gasteiger partial charge in [-0.15, -0.1) is 0 Å². The van der Waals surface area contributed by atoms with E-state index in [2.05, 4.69) is 151 Å². The Balaban J connectivity index is 0.000000212. The van der Waals surface area contributed by atoms with Crippen LogP contribution in [0.3, 0.4) is 0 Å². The Morgan fingerprint density at radius 1 is 0.197 bits per heavy atom. The Morgan fingerprint density at radius 2 is 0.331 bits per heavy atom. The molecule has 0 aliphatic carbocycles. The number of benzene rings is 12. The minimum absolute atomic E-state index is 0. The smallest absolute Gasteiger partial charge is 0.736 e. The minimum atomic E-state index is -4.57. The molecule has 15 rings (SSSR count). The Hall–Kier alpha value is -7.68. The summed E-state index contributed by atoms with van der Waals surface area (Å²) in [5.74, 6) is 1.93. The number of phosphoric ester groups is 3. The van der Waals surface area contributed by atoms with Crippen LogP contribution in [0.5, 0.6) is 34.5 Å². The van der Waals surface area contributed by atoms with Crippen LogP contribution in [0.1, 0.15) is 306 Å². The maximum Gasteiger partial charge on any atom is 3.00 e. The molecule has 0 saturated heterocycles. The third kappa shape index (κ3) is 28.2. The second kappa shape index (κ2) is 51.2. The molecular formula is C108H138O15P3Sc. The van der Waals surface area contributed by atoms with E-state index >= 15 is 0 Å². The van der Waals surface area contributed by atoms with Crippen molar-refractivity contribution in [3.05, 3.63) is 215 Å². The fourth-order valence-corrected chi connectivity index (χ4v) is 21.0. The van der Waals surface area contributed by atoms with Crippen molar-refractivity contribution in [2.75, 3.05) is 0 Å². The molecule has 12 aromatic rings. The summed E-state index contributed by atoms with van der Waals surface area (Å²) in [5, 5.41) is 12.4. The van der Waals surface area contributed by atoms with Gasteiger partial charge in [-0.2, -0.15) is 0 Å². The van der Waals surface area contributed by atoms with Crippen molar-refractivity contribution in [1.29, 1.82) is 0 Å². The predicted molar refractivity (Wildman–Crippen MR) is 521 cm³/mol. The van der Waals surface area contributed by atoms with Crippen molar-refractivity contribution in [2.24, 2.45) is 0 Å². The Labute approximate surface area is 774 Å². The molecule has 0 atom stereocenters. The van der Waals surface area contributed by atoms with E-state index in [0.29, 0.717) is 34.5 Å². The molecule has 0 unspecified atom stereocenters. The third-order valence-electron chi connectivity index (χ3n) is 25.2. The van der Waals surface area contributed by atoms with Gasteiger partial charge >= 0.3 is 49.3 Å². The summed E-state index contributed by atoms with van der Waals surface area (Å²) in [4.78, 5) is 38.4. The van der Waals surface area contributed by atoms with Crippen molar-refractivity contribution < 1.29 is 97.8 Å². The van der Waals surface area contributed by atoms with Crippen LogP contribution in [-0.2, 0) is 78.1 Å². The van der Waals surface area contributed by atoms with Gasteiger partial charge in [0.15, 0.2) is 0 Å². The first-order chi connectivity index (χ1) is 60.0. The van der Waals surface area contributed by atoms with Crippen LogP contribution in [0.25, 0.3) is 98.0 Å². The Kier molecular flexibility index (Phi) is 41.6. The average molecular weight is 1810 g/mol. The summed E-state index contributed by atoms with van der Waals surface area (Å²) in [7, 11) is -13.7. The second-order valence-corrected chi connectivity index (χ2v) is 38.7. The SMILES string of the molecule is CCCCCCCCc1ccc2c3c(ccc2c1)OP(=O)([O-])Oc1ccc2cc(CCCCCCCC)ccc2c1-3.CCCCCCCCc1ccc2c3c(ccc2c1)OP(=O)([O-])Oc1ccc2cc(CCCCCCCC)ccc2c1-3.CCCCCCCCc1ccc2c3c(ccc2c1)OP(=O)([O-])Oc1ccc2cc(CCCCCCCC)ccc2c1-3.O.O.O.[Sc+3]. The fraction of sp³-hybridized carbons (Fsp3) is 0.444. The zero-order chi connectivity index (χ0) is 86.0. The van der Waals surface area contributed by atoms with E-state index in [1.165, 1.54) is 265 Å². The largest absolute Gasteiger partial charge is 3.00 e. The van der Waals surface area contributed by atoms with Gasteiger partial charge in [-0.25, -0.2) is 13.7 Å². The molecule has 19 heteroatoms. The summed E-state index contributed by atoms with van der Waals surface area (Å²) in [5.41, 5.74) is 12.6. The first kappa shape index (κ1) is 103. The molecule has 3 aliphatic heterocycles. The van der Waals surface area contributed by atoms with Gasteiger partial charge < -0.3 is 58.3 Å². The molecule has 12 aromatic carbocycles. The molecular weight excluding hydrogens is 1680 g/mol. The third-order valence-corrected chi connectivity index (χ3v) is 27.7. The van der Waals surface area contributed by atoms with E-state index in [-0.39, 0.29) is 42.3 Å². The molecule has 6 N–H and O–H groups in total. The quantitative estimate of drug-likeness (QED) is 0.0255. The normalized spacial score (nSPS) is 13.4. The second-order valence-electron chi connectivity index (χ2n) is 35.0. The zero-order valence-corrected chi connectivity index (χ0v) is 80.8. The summed E-state index contributed by atoms with van der Waals surface area (Å²) >= 11 is 0. The van der Waals surface area contributed by atoms with Gasteiger partial charge in [-0.05, 0) is 211 Å². The van der Waals surface area contributed by atoms with Crippen LogP contribution < -0.4 is 41.8 Å². The number of aryl methyl sites for hydroxylation is 6. The number of rotatable bonds is 42. The van der Waals surface area contributed by atoms with E-state index < -0.39 is 23.5 Å². The average Bonchev–Trinajstić information content (AvgIpc) is 1.70. The monoisotopic (exact) mass is 1810 g/mol. The molecule has 678 valence electrons. The number of unbranched alkanes of at least 4 members (excludes halogenated alkanes) is 30. The van der Waals surface area contributed by atoms with Crippen molar-refractivity contribution in [3.63, 3.8) is 0 Å². The molecule has 127 heavy (non-hydrogen) atoms. The first-order valence-corrected chi connectivity index (χ1v) is 51.8. The molecule has 0 fully saturated rings.